The Hall–Kier alpha value is -0.930. The molecular formula is C21H36IN5O. The molecule has 1 aliphatic carbocycles. The molecule has 2 fully saturated rings. The van der Waals surface area contributed by atoms with Gasteiger partial charge in [0.2, 0.25) is 0 Å². The highest BCUT2D eigenvalue weighted by atomic mass is 127. The number of nitrogens with one attached hydrogen (secondary N) is 2. The van der Waals surface area contributed by atoms with Gasteiger partial charge in [-0.3, -0.25) is 9.88 Å². The highest BCUT2D eigenvalue weighted by molar-refractivity contribution is 14.0. The van der Waals surface area contributed by atoms with Gasteiger partial charge in [0.25, 0.3) is 0 Å². The Morgan fingerprint density at radius 2 is 1.96 bits per heavy atom. The minimum Gasteiger partial charge on any atom is -0.379 e. The van der Waals surface area contributed by atoms with Gasteiger partial charge in [-0.15, -0.1) is 24.0 Å². The van der Waals surface area contributed by atoms with Crippen molar-refractivity contribution in [1.29, 1.82) is 0 Å². The lowest BCUT2D eigenvalue weighted by atomic mass is 9.80. The number of halogens is 1. The number of aliphatic imine (C=N–C) groups is 1. The Balaban J connectivity index is 0.00000280. The zero-order chi connectivity index (χ0) is 19.0. The third-order valence-electron chi connectivity index (χ3n) is 5.90. The molecule has 0 bridgehead atoms. The van der Waals surface area contributed by atoms with Crippen LogP contribution in [0.5, 0.6) is 0 Å². The van der Waals surface area contributed by atoms with Crippen molar-refractivity contribution in [3.63, 3.8) is 0 Å². The molecule has 0 spiro atoms. The van der Waals surface area contributed by atoms with Crippen molar-refractivity contribution >= 4 is 29.9 Å². The van der Waals surface area contributed by atoms with Crippen LogP contribution < -0.4 is 10.6 Å². The maximum atomic E-state index is 5.59. The summed E-state index contributed by atoms with van der Waals surface area (Å²) < 4.78 is 5.59. The molecule has 1 aromatic heterocycles. The van der Waals surface area contributed by atoms with Crippen LogP contribution in [0.25, 0.3) is 0 Å². The minimum atomic E-state index is 0. The van der Waals surface area contributed by atoms with E-state index in [2.05, 4.69) is 40.4 Å². The number of nitrogens with zero attached hydrogens (tertiary/aromatic N) is 3. The largest absolute Gasteiger partial charge is 0.379 e. The van der Waals surface area contributed by atoms with E-state index in [1.165, 1.54) is 37.7 Å². The lowest BCUT2D eigenvalue weighted by molar-refractivity contribution is -0.0352. The molecule has 3 rings (SSSR count). The van der Waals surface area contributed by atoms with Gasteiger partial charge >= 0.3 is 0 Å². The quantitative estimate of drug-likeness (QED) is 0.357. The van der Waals surface area contributed by atoms with Crippen LogP contribution in [0, 0.1) is 6.92 Å². The molecule has 158 valence electrons. The van der Waals surface area contributed by atoms with Crippen molar-refractivity contribution in [3.05, 3.63) is 29.6 Å². The van der Waals surface area contributed by atoms with Crippen LogP contribution >= 0.6 is 24.0 Å². The monoisotopic (exact) mass is 501 g/mol. The van der Waals surface area contributed by atoms with Crippen LogP contribution in [0.4, 0.5) is 0 Å². The molecule has 28 heavy (non-hydrogen) atoms. The van der Waals surface area contributed by atoms with E-state index in [1.807, 2.05) is 12.3 Å². The van der Waals surface area contributed by atoms with Crippen LogP contribution in [-0.2, 0) is 11.3 Å². The number of guanidine groups is 1. The molecule has 1 saturated carbocycles. The minimum absolute atomic E-state index is 0. The van der Waals surface area contributed by atoms with E-state index in [0.717, 1.165) is 51.0 Å². The first-order valence-corrected chi connectivity index (χ1v) is 10.5. The molecular weight excluding hydrogens is 465 g/mol. The standard InChI is InChI=1S/C21H35N5O.HI/c1-3-22-20(24-16-19-18(2)8-7-11-23-19)25-17-21(9-5-4-6-10-21)26-12-14-27-15-13-26;/h7-8,11H,3-6,9-10,12-17H2,1-2H3,(H2,22,24,25);1H. The van der Waals surface area contributed by atoms with Gasteiger partial charge in [-0.2, -0.15) is 0 Å². The van der Waals surface area contributed by atoms with Crippen molar-refractivity contribution in [2.24, 2.45) is 4.99 Å². The molecule has 0 aromatic carbocycles. The smallest absolute Gasteiger partial charge is 0.191 e. The maximum Gasteiger partial charge on any atom is 0.191 e. The van der Waals surface area contributed by atoms with Gasteiger partial charge in [0.05, 0.1) is 25.5 Å². The summed E-state index contributed by atoms with van der Waals surface area (Å²) in [7, 11) is 0. The van der Waals surface area contributed by atoms with Gasteiger partial charge in [0.15, 0.2) is 5.96 Å². The Kier molecular flexibility index (Phi) is 9.94. The first-order chi connectivity index (χ1) is 13.2. The zero-order valence-corrected chi connectivity index (χ0v) is 19.7. The van der Waals surface area contributed by atoms with Crippen molar-refractivity contribution in [1.82, 2.24) is 20.5 Å². The zero-order valence-electron chi connectivity index (χ0n) is 17.4. The Morgan fingerprint density at radius 1 is 1.21 bits per heavy atom. The normalized spacial score (nSPS) is 20.3. The number of rotatable bonds is 6. The van der Waals surface area contributed by atoms with Crippen LogP contribution in [0.1, 0.15) is 50.3 Å². The van der Waals surface area contributed by atoms with E-state index < -0.39 is 0 Å². The first kappa shape index (κ1) is 23.3. The molecule has 1 aromatic rings. The Labute approximate surface area is 186 Å². The van der Waals surface area contributed by atoms with E-state index in [-0.39, 0.29) is 29.5 Å². The summed E-state index contributed by atoms with van der Waals surface area (Å²) in [5, 5.41) is 7.05. The second kappa shape index (κ2) is 11.9. The summed E-state index contributed by atoms with van der Waals surface area (Å²) in [5.41, 5.74) is 2.46. The topological polar surface area (TPSA) is 61.8 Å². The number of morpholine rings is 1. The van der Waals surface area contributed by atoms with Gasteiger partial charge in [-0.1, -0.05) is 25.3 Å². The number of ether oxygens (including phenoxy) is 1. The summed E-state index contributed by atoms with van der Waals surface area (Å²) in [5.74, 6) is 0.890. The van der Waals surface area contributed by atoms with E-state index in [0.29, 0.717) is 6.54 Å². The number of aryl methyl sites for hydroxylation is 1. The maximum absolute atomic E-state index is 5.59. The van der Waals surface area contributed by atoms with Crippen LogP contribution in [0.15, 0.2) is 23.3 Å². The number of hydrogen-bond acceptors (Lipinski definition) is 4. The fourth-order valence-corrected chi connectivity index (χ4v) is 4.28. The molecule has 1 aliphatic heterocycles. The van der Waals surface area contributed by atoms with Crippen LogP contribution in [0.3, 0.4) is 0 Å². The summed E-state index contributed by atoms with van der Waals surface area (Å²) in [6, 6.07) is 4.06. The van der Waals surface area contributed by atoms with Gasteiger partial charge < -0.3 is 15.4 Å². The first-order valence-electron chi connectivity index (χ1n) is 10.5. The third kappa shape index (κ3) is 6.29. The molecule has 1 saturated heterocycles. The highest BCUT2D eigenvalue weighted by Crippen LogP contribution is 2.33. The fraction of sp³-hybridized carbons (Fsp3) is 0.714. The average Bonchev–Trinajstić information content (AvgIpc) is 2.72. The van der Waals surface area contributed by atoms with Crippen molar-refractivity contribution in [3.8, 4) is 0 Å². The van der Waals surface area contributed by atoms with Gasteiger partial charge in [0, 0.05) is 37.9 Å². The summed E-state index contributed by atoms with van der Waals surface area (Å²) in [6.07, 6.45) is 8.37. The lowest BCUT2D eigenvalue weighted by Crippen LogP contribution is -2.60. The number of pyridine rings is 1. The second-order valence-electron chi connectivity index (χ2n) is 7.70. The molecule has 2 N–H and O–H groups in total. The molecule has 6 nitrogen and oxygen atoms in total. The second-order valence-corrected chi connectivity index (χ2v) is 7.70. The van der Waals surface area contributed by atoms with E-state index in [4.69, 9.17) is 9.73 Å². The van der Waals surface area contributed by atoms with Crippen LogP contribution in [0.2, 0.25) is 0 Å². The van der Waals surface area contributed by atoms with Crippen molar-refractivity contribution in [2.45, 2.75) is 58.0 Å². The fourth-order valence-electron chi connectivity index (χ4n) is 4.28. The van der Waals surface area contributed by atoms with Crippen LogP contribution in [-0.4, -0.2) is 60.8 Å². The molecule has 0 atom stereocenters. The Morgan fingerprint density at radius 3 is 2.64 bits per heavy atom. The molecule has 2 heterocycles. The Bertz CT molecular complexity index is 613. The van der Waals surface area contributed by atoms with E-state index in [9.17, 15) is 0 Å². The predicted molar refractivity (Wildman–Crippen MR) is 125 cm³/mol. The number of aromatic nitrogens is 1. The predicted octanol–water partition coefficient (Wildman–Crippen LogP) is 3.10. The summed E-state index contributed by atoms with van der Waals surface area (Å²) in [6.45, 7) is 10.4. The molecule has 7 heteroatoms. The van der Waals surface area contributed by atoms with E-state index >= 15 is 0 Å². The highest BCUT2D eigenvalue weighted by Gasteiger charge is 2.38. The van der Waals surface area contributed by atoms with Crippen molar-refractivity contribution in [2.75, 3.05) is 39.4 Å². The number of hydrogen-bond donors (Lipinski definition) is 2. The molecule has 2 aliphatic rings. The van der Waals surface area contributed by atoms with E-state index in [1.54, 1.807) is 0 Å². The summed E-state index contributed by atoms with van der Waals surface area (Å²) >= 11 is 0. The SMILES string of the molecule is CCNC(=NCc1ncccc1C)NCC1(N2CCOCC2)CCCCC1.I. The molecule has 0 amide bonds. The molecule has 0 radical (unpaired) electrons. The molecule has 0 unspecified atom stereocenters. The third-order valence-corrected chi connectivity index (χ3v) is 5.90. The lowest BCUT2D eigenvalue weighted by Gasteiger charge is -2.48. The average molecular weight is 501 g/mol. The van der Waals surface area contributed by atoms with Crippen molar-refractivity contribution < 1.29 is 4.74 Å². The van der Waals surface area contributed by atoms with Gasteiger partial charge in [-0.05, 0) is 38.3 Å². The van der Waals surface area contributed by atoms with Gasteiger partial charge in [-0.25, -0.2) is 4.99 Å². The summed E-state index contributed by atoms with van der Waals surface area (Å²) in [4.78, 5) is 11.9. The van der Waals surface area contributed by atoms with Gasteiger partial charge in [0.1, 0.15) is 0 Å².